The van der Waals surface area contributed by atoms with Crippen LogP contribution in [-0.2, 0) is 14.3 Å². The third-order valence-corrected chi connectivity index (χ3v) is 3.74. The molecule has 1 fully saturated rings. The van der Waals surface area contributed by atoms with Gasteiger partial charge in [-0.2, -0.15) is 0 Å². The predicted octanol–water partition coefficient (Wildman–Crippen LogP) is 0.915. The average molecular weight is 292 g/mol. The summed E-state index contributed by atoms with van der Waals surface area (Å²) in [5.74, 6) is -0.117. The Balaban J connectivity index is 1.90. The maximum Gasteiger partial charge on any atom is 0.310 e. The Bertz CT molecular complexity index is 532. The van der Waals surface area contributed by atoms with Crippen LogP contribution in [0.2, 0.25) is 0 Å². The van der Waals surface area contributed by atoms with E-state index in [9.17, 15) is 9.59 Å². The number of ether oxygens (including phenoxy) is 2. The van der Waals surface area contributed by atoms with Crippen LogP contribution in [0.15, 0.2) is 24.3 Å². The monoisotopic (exact) mass is 292 g/mol. The Labute approximate surface area is 123 Å². The van der Waals surface area contributed by atoms with Crippen molar-refractivity contribution in [1.82, 2.24) is 4.90 Å². The van der Waals surface area contributed by atoms with Crippen molar-refractivity contribution in [2.45, 2.75) is 6.92 Å². The van der Waals surface area contributed by atoms with Crippen LogP contribution in [0.25, 0.3) is 0 Å². The summed E-state index contributed by atoms with van der Waals surface area (Å²) < 4.78 is 10.2. The van der Waals surface area contributed by atoms with Crippen molar-refractivity contribution < 1.29 is 19.1 Å². The molecule has 6 heteroatoms. The molecule has 0 aliphatic carbocycles. The number of nitrogens with two attached hydrogens (primary N) is 1. The number of benzene rings is 1. The van der Waals surface area contributed by atoms with Crippen molar-refractivity contribution in [3.05, 3.63) is 24.3 Å². The highest BCUT2D eigenvalue weighted by molar-refractivity contribution is 5.80. The number of likely N-dealkylation sites (tertiary alicyclic amines) is 1. The Kier molecular flexibility index (Phi) is 4.67. The average Bonchev–Trinajstić information content (AvgIpc) is 2.87. The van der Waals surface area contributed by atoms with Crippen molar-refractivity contribution in [2.24, 2.45) is 11.8 Å². The van der Waals surface area contributed by atoms with E-state index in [4.69, 9.17) is 15.2 Å². The molecule has 1 aliphatic heterocycles. The molecule has 2 N–H and O–H groups in total. The molecule has 2 unspecified atom stereocenters. The molecular formula is C15H20N2O4. The maximum atomic E-state index is 12.1. The van der Waals surface area contributed by atoms with E-state index in [0.717, 1.165) is 0 Å². The molecule has 2 rings (SSSR count). The lowest BCUT2D eigenvalue weighted by atomic mass is 9.99. The van der Waals surface area contributed by atoms with Gasteiger partial charge in [0.15, 0.2) is 6.61 Å². The number of esters is 1. The fourth-order valence-electron chi connectivity index (χ4n) is 2.47. The summed E-state index contributed by atoms with van der Waals surface area (Å²) in [6.45, 7) is 2.76. The summed E-state index contributed by atoms with van der Waals surface area (Å²) in [5, 5.41) is 0. The molecule has 6 nitrogen and oxygen atoms in total. The first kappa shape index (κ1) is 15.2. The van der Waals surface area contributed by atoms with Crippen LogP contribution in [0.3, 0.4) is 0 Å². The summed E-state index contributed by atoms with van der Waals surface area (Å²) in [7, 11) is 1.36. The zero-order valence-electron chi connectivity index (χ0n) is 12.2. The first-order valence-electron chi connectivity index (χ1n) is 6.85. The summed E-state index contributed by atoms with van der Waals surface area (Å²) in [4.78, 5) is 25.4. The molecule has 0 saturated carbocycles. The molecule has 1 saturated heterocycles. The van der Waals surface area contributed by atoms with Crippen molar-refractivity contribution in [3.8, 4) is 5.75 Å². The van der Waals surface area contributed by atoms with E-state index in [-0.39, 0.29) is 30.3 Å². The van der Waals surface area contributed by atoms with Crippen LogP contribution in [0.1, 0.15) is 6.92 Å². The van der Waals surface area contributed by atoms with E-state index in [1.165, 1.54) is 7.11 Å². The number of hydrogen-bond donors (Lipinski definition) is 1. The molecule has 0 aromatic heterocycles. The van der Waals surface area contributed by atoms with Gasteiger partial charge in [-0.1, -0.05) is 19.1 Å². The summed E-state index contributed by atoms with van der Waals surface area (Å²) in [6.07, 6.45) is 0. The third kappa shape index (κ3) is 3.45. The molecule has 0 bridgehead atoms. The van der Waals surface area contributed by atoms with Crippen molar-refractivity contribution in [2.75, 3.05) is 32.5 Å². The number of amides is 1. The number of nitrogen functional groups attached to an aromatic ring is 1. The highest BCUT2D eigenvalue weighted by Gasteiger charge is 2.37. The quantitative estimate of drug-likeness (QED) is 0.659. The Morgan fingerprint density at radius 3 is 2.71 bits per heavy atom. The van der Waals surface area contributed by atoms with Gasteiger partial charge in [-0.3, -0.25) is 9.59 Å². The predicted molar refractivity (Wildman–Crippen MR) is 77.6 cm³/mol. The summed E-state index contributed by atoms with van der Waals surface area (Å²) in [6, 6.07) is 7.02. The van der Waals surface area contributed by atoms with Gasteiger partial charge in [0.2, 0.25) is 0 Å². The molecular weight excluding hydrogens is 272 g/mol. The first-order chi connectivity index (χ1) is 10.0. The molecule has 21 heavy (non-hydrogen) atoms. The van der Waals surface area contributed by atoms with E-state index in [0.29, 0.717) is 24.5 Å². The van der Waals surface area contributed by atoms with E-state index in [1.54, 1.807) is 29.2 Å². The normalized spacial score (nSPS) is 21.1. The molecule has 1 aliphatic rings. The molecule has 1 aromatic rings. The van der Waals surface area contributed by atoms with Crippen LogP contribution >= 0.6 is 0 Å². The van der Waals surface area contributed by atoms with Gasteiger partial charge >= 0.3 is 5.97 Å². The molecule has 1 amide bonds. The zero-order chi connectivity index (χ0) is 15.4. The van der Waals surface area contributed by atoms with Gasteiger partial charge in [-0.05, 0) is 18.1 Å². The number of anilines is 1. The van der Waals surface area contributed by atoms with Crippen molar-refractivity contribution in [3.63, 3.8) is 0 Å². The second kappa shape index (κ2) is 6.47. The highest BCUT2D eigenvalue weighted by Crippen LogP contribution is 2.25. The van der Waals surface area contributed by atoms with E-state index in [2.05, 4.69) is 0 Å². The zero-order valence-corrected chi connectivity index (χ0v) is 12.2. The Morgan fingerprint density at radius 2 is 2.05 bits per heavy atom. The topological polar surface area (TPSA) is 81.9 Å². The van der Waals surface area contributed by atoms with Gasteiger partial charge in [-0.25, -0.2) is 0 Å². The lowest BCUT2D eigenvalue weighted by Crippen LogP contribution is -2.34. The van der Waals surface area contributed by atoms with E-state index >= 15 is 0 Å². The number of carbonyl (C=O) groups excluding carboxylic acids is 2. The Hall–Kier alpha value is -2.24. The van der Waals surface area contributed by atoms with E-state index < -0.39 is 0 Å². The largest absolute Gasteiger partial charge is 0.482 e. The van der Waals surface area contributed by atoms with Gasteiger partial charge in [0.25, 0.3) is 5.91 Å². The van der Waals surface area contributed by atoms with Gasteiger partial charge in [0, 0.05) is 13.1 Å². The Morgan fingerprint density at radius 1 is 1.33 bits per heavy atom. The smallest absolute Gasteiger partial charge is 0.310 e. The standard InChI is InChI=1S/C15H20N2O4/c1-10-7-17(8-11(10)15(19)20-2)14(18)9-21-13-6-4-3-5-12(13)16/h3-6,10-11H,7-9,16H2,1-2H3. The fourth-order valence-corrected chi connectivity index (χ4v) is 2.47. The van der Waals surface area contributed by atoms with Gasteiger partial charge in [0.05, 0.1) is 18.7 Å². The molecule has 1 aromatic carbocycles. The van der Waals surface area contributed by atoms with Crippen LogP contribution in [-0.4, -0.2) is 43.6 Å². The highest BCUT2D eigenvalue weighted by atomic mass is 16.5. The third-order valence-electron chi connectivity index (χ3n) is 3.74. The number of rotatable bonds is 4. The summed E-state index contributed by atoms with van der Waals surface area (Å²) >= 11 is 0. The van der Waals surface area contributed by atoms with Gasteiger partial charge in [0.1, 0.15) is 5.75 Å². The fraction of sp³-hybridized carbons (Fsp3) is 0.467. The van der Waals surface area contributed by atoms with Crippen LogP contribution < -0.4 is 10.5 Å². The number of carbonyl (C=O) groups is 2. The SMILES string of the molecule is COC(=O)C1CN(C(=O)COc2ccccc2N)CC1C. The second-order valence-electron chi connectivity index (χ2n) is 5.23. The van der Waals surface area contributed by atoms with Crippen molar-refractivity contribution >= 4 is 17.6 Å². The minimum Gasteiger partial charge on any atom is -0.482 e. The number of nitrogens with zero attached hydrogens (tertiary/aromatic N) is 1. The maximum absolute atomic E-state index is 12.1. The van der Waals surface area contributed by atoms with Gasteiger partial charge < -0.3 is 20.1 Å². The molecule has 0 spiro atoms. The minimum absolute atomic E-state index is 0.0863. The minimum atomic E-state index is -0.272. The van der Waals surface area contributed by atoms with Crippen LogP contribution in [0.4, 0.5) is 5.69 Å². The van der Waals surface area contributed by atoms with Crippen LogP contribution in [0, 0.1) is 11.8 Å². The number of para-hydroxylation sites is 2. The van der Waals surface area contributed by atoms with Crippen LogP contribution in [0.5, 0.6) is 5.75 Å². The lowest BCUT2D eigenvalue weighted by molar-refractivity contribution is -0.146. The molecule has 2 atom stereocenters. The number of hydrogen-bond acceptors (Lipinski definition) is 5. The van der Waals surface area contributed by atoms with Crippen molar-refractivity contribution in [1.29, 1.82) is 0 Å². The second-order valence-corrected chi connectivity index (χ2v) is 5.23. The van der Waals surface area contributed by atoms with Gasteiger partial charge in [-0.15, -0.1) is 0 Å². The molecule has 1 heterocycles. The first-order valence-corrected chi connectivity index (χ1v) is 6.85. The van der Waals surface area contributed by atoms with E-state index in [1.807, 2.05) is 6.92 Å². The summed E-state index contributed by atoms with van der Waals surface area (Å²) in [5.41, 5.74) is 6.24. The number of methoxy groups -OCH3 is 1. The molecule has 0 radical (unpaired) electrons. The lowest BCUT2D eigenvalue weighted by Gasteiger charge is -2.16. The molecule has 114 valence electrons.